The fraction of sp³-hybridized carbons (Fsp3) is 0.536. The van der Waals surface area contributed by atoms with E-state index in [2.05, 4.69) is 16.4 Å². The average Bonchev–Trinajstić information content (AvgIpc) is 3.47. The minimum Gasteiger partial charge on any atom is -0.496 e. The fourth-order valence-electron chi connectivity index (χ4n) is 5.42. The highest BCUT2D eigenvalue weighted by Gasteiger charge is 2.37. The topological polar surface area (TPSA) is 127 Å². The summed E-state index contributed by atoms with van der Waals surface area (Å²) in [6.07, 6.45) is 2.54. The van der Waals surface area contributed by atoms with Crippen molar-refractivity contribution in [3.8, 4) is 17.0 Å². The summed E-state index contributed by atoms with van der Waals surface area (Å²) in [4.78, 5) is 20.1. The van der Waals surface area contributed by atoms with E-state index in [0.717, 1.165) is 72.0 Å². The molecule has 11 nitrogen and oxygen atoms in total. The Labute approximate surface area is 238 Å². The maximum Gasteiger partial charge on any atom is 0.413 e. The zero-order valence-corrected chi connectivity index (χ0v) is 24.8. The molecule has 40 heavy (non-hydrogen) atoms. The summed E-state index contributed by atoms with van der Waals surface area (Å²) in [5.74, 6) is 1.71. The maximum atomic E-state index is 12.5. The van der Waals surface area contributed by atoms with Gasteiger partial charge in [-0.3, -0.25) is 9.88 Å². The third-order valence-electron chi connectivity index (χ3n) is 7.38. The van der Waals surface area contributed by atoms with Crippen molar-refractivity contribution in [1.29, 1.82) is 0 Å². The molecule has 5 rings (SSSR count). The Morgan fingerprint density at radius 1 is 1.32 bits per heavy atom. The molecular formula is C28H37N7O4S. The summed E-state index contributed by atoms with van der Waals surface area (Å²) in [7, 11) is 1.65. The molecule has 0 aromatic carbocycles. The molecule has 1 atom stereocenters. The molecule has 214 valence electrons. The van der Waals surface area contributed by atoms with Crippen molar-refractivity contribution in [2.75, 3.05) is 26.9 Å². The summed E-state index contributed by atoms with van der Waals surface area (Å²) >= 11 is 1.35. The Balaban J connectivity index is 1.59. The van der Waals surface area contributed by atoms with Crippen LogP contribution in [-0.2, 0) is 23.5 Å². The number of methoxy groups -OCH3 is 1. The van der Waals surface area contributed by atoms with Crippen LogP contribution in [0, 0.1) is 13.8 Å². The van der Waals surface area contributed by atoms with E-state index in [0.29, 0.717) is 29.9 Å². The standard InChI is InChI=1S/C28H37N7O4S/c1-16-12-30-22(17(2)25(16)38-6)13-34-31-21-11-18(7-9-29-19-8-10-39-14-19)20-15-40-33-26(24(32-34)23(20)21)35(27(36)37)28(3,4)5/h11-12,19,29H,7-10,13-15H2,1-6H3,(H,36,37)/t19-/m1/s1. The predicted octanol–water partition coefficient (Wildman–Crippen LogP) is 4.06. The molecule has 1 amide bonds. The van der Waals surface area contributed by atoms with Crippen LogP contribution in [0.25, 0.3) is 11.3 Å². The molecule has 1 fully saturated rings. The molecule has 0 unspecified atom stereocenters. The monoisotopic (exact) mass is 567 g/mol. The largest absolute Gasteiger partial charge is 0.496 e. The van der Waals surface area contributed by atoms with Crippen LogP contribution >= 0.6 is 11.9 Å². The predicted molar refractivity (Wildman–Crippen MR) is 154 cm³/mol. The van der Waals surface area contributed by atoms with Crippen LogP contribution in [-0.4, -0.2) is 80.4 Å². The fourth-order valence-corrected chi connectivity index (χ4v) is 6.24. The molecule has 0 bridgehead atoms. The van der Waals surface area contributed by atoms with Gasteiger partial charge in [0.25, 0.3) is 0 Å². The summed E-state index contributed by atoms with van der Waals surface area (Å²) in [6.45, 7) is 12.1. The highest BCUT2D eigenvalue weighted by molar-refractivity contribution is 7.97. The summed E-state index contributed by atoms with van der Waals surface area (Å²) in [5, 5.41) is 23.6. The molecule has 0 saturated carbocycles. The molecule has 4 heterocycles. The first-order valence-electron chi connectivity index (χ1n) is 13.5. The van der Waals surface area contributed by atoms with Gasteiger partial charge in [0.05, 0.1) is 25.1 Å². The van der Waals surface area contributed by atoms with E-state index < -0.39 is 11.6 Å². The van der Waals surface area contributed by atoms with Gasteiger partial charge in [-0.15, -0.1) is 0 Å². The Hall–Kier alpha value is -3.22. The quantitative estimate of drug-likeness (QED) is 0.406. The number of amidine groups is 1. The molecule has 0 spiro atoms. The maximum absolute atomic E-state index is 12.5. The number of carboxylic acid groups (broad SMARTS) is 1. The number of hydrogen-bond donors (Lipinski definition) is 2. The van der Waals surface area contributed by atoms with Crippen LogP contribution in [0.15, 0.2) is 16.7 Å². The van der Waals surface area contributed by atoms with Crippen molar-refractivity contribution in [3.63, 3.8) is 0 Å². The molecule has 3 aliphatic heterocycles. The number of ether oxygens (including phenoxy) is 2. The molecule has 1 aromatic rings. The molecule has 0 radical (unpaired) electrons. The van der Waals surface area contributed by atoms with Gasteiger partial charge in [-0.25, -0.2) is 4.79 Å². The lowest BCUT2D eigenvalue weighted by Crippen LogP contribution is -2.49. The van der Waals surface area contributed by atoms with E-state index in [1.807, 2.05) is 34.6 Å². The Morgan fingerprint density at radius 3 is 2.80 bits per heavy atom. The zero-order valence-electron chi connectivity index (χ0n) is 23.9. The van der Waals surface area contributed by atoms with Crippen LogP contribution in [0.2, 0.25) is 0 Å². The van der Waals surface area contributed by atoms with Crippen LogP contribution in [0.4, 0.5) is 4.79 Å². The third-order valence-corrected chi connectivity index (χ3v) is 8.10. The summed E-state index contributed by atoms with van der Waals surface area (Å²) in [6, 6.07) is 2.49. The number of nitrogens with one attached hydrogen (secondary N) is 1. The lowest BCUT2D eigenvalue weighted by Gasteiger charge is -2.33. The van der Waals surface area contributed by atoms with Gasteiger partial charge in [-0.1, -0.05) is 0 Å². The van der Waals surface area contributed by atoms with Crippen LogP contribution < -0.4 is 10.1 Å². The molecular weight excluding hydrogens is 530 g/mol. The van der Waals surface area contributed by atoms with Crippen molar-refractivity contribution in [3.05, 3.63) is 45.9 Å². The summed E-state index contributed by atoms with van der Waals surface area (Å²) < 4.78 is 15.8. The first-order chi connectivity index (χ1) is 19.1. The molecule has 1 aromatic heterocycles. The number of aryl methyl sites for hydroxylation is 1. The van der Waals surface area contributed by atoms with Crippen molar-refractivity contribution in [2.45, 2.75) is 71.3 Å². The van der Waals surface area contributed by atoms with Gasteiger partial charge in [-0.2, -0.15) is 19.4 Å². The molecule has 12 heteroatoms. The smallest absolute Gasteiger partial charge is 0.413 e. The number of nitrogens with zero attached hydrogens (tertiary/aromatic N) is 6. The number of hydrogen-bond acceptors (Lipinski definition) is 9. The first-order valence-corrected chi connectivity index (χ1v) is 14.5. The summed E-state index contributed by atoms with van der Waals surface area (Å²) in [5.41, 5.74) is 6.34. The van der Waals surface area contributed by atoms with Crippen molar-refractivity contribution in [2.24, 2.45) is 4.40 Å². The Kier molecular flexibility index (Phi) is 8.03. The normalized spacial score (nSPS) is 17.1. The second-order valence-electron chi connectivity index (χ2n) is 11.3. The minimum absolute atomic E-state index is 0.299. The van der Waals surface area contributed by atoms with Gasteiger partial charge in [0.2, 0.25) is 0 Å². The Bertz CT molecular complexity index is 1410. The second kappa shape index (κ2) is 11.3. The van der Waals surface area contributed by atoms with Gasteiger partial charge in [0.15, 0.2) is 5.84 Å². The zero-order chi connectivity index (χ0) is 28.6. The minimum atomic E-state index is -1.08. The van der Waals surface area contributed by atoms with Crippen molar-refractivity contribution in [1.82, 2.24) is 30.2 Å². The van der Waals surface area contributed by atoms with Crippen molar-refractivity contribution < 1.29 is 19.4 Å². The lowest BCUT2D eigenvalue weighted by atomic mass is 10.0. The van der Waals surface area contributed by atoms with E-state index in [4.69, 9.17) is 24.1 Å². The molecule has 4 aliphatic rings. The van der Waals surface area contributed by atoms with Gasteiger partial charge < -0.3 is 19.9 Å². The average molecular weight is 568 g/mol. The first kappa shape index (κ1) is 28.3. The number of rotatable bonds is 7. The van der Waals surface area contributed by atoms with Gasteiger partial charge in [0.1, 0.15) is 18.0 Å². The number of pyridine rings is 1. The van der Waals surface area contributed by atoms with Gasteiger partial charge in [0, 0.05) is 46.8 Å². The lowest BCUT2D eigenvalue weighted by molar-refractivity contribution is 0.141. The molecule has 1 aliphatic carbocycles. The van der Waals surface area contributed by atoms with Gasteiger partial charge in [-0.05, 0) is 83.1 Å². The van der Waals surface area contributed by atoms with E-state index >= 15 is 0 Å². The van der Waals surface area contributed by atoms with Crippen LogP contribution in [0.3, 0.4) is 0 Å². The van der Waals surface area contributed by atoms with Crippen molar-refractivity contribution >= 4 is 23.9 Å². The number of amides is 1. The highest BCUT2D eigenvalue weighted by Crippen LogP contribution is 2.39. The number of carbonyl (C=O) groups is 1. The van der Waals surface area contributed by atoms with Crippen LogP contribution in [0.1, 0.15) is 60.8 Å². The Morgan fingerprint density at radius 2 is 2.12 bits per heavy atom. The van der Waals surface area contributed by atoms with Gasteiger partial charge >= 0.3 is 6.09 Å². The number of aromatic nitrogens is 4. The van der Waals surface area contributed by atoms with E-state index in [1.54, 1.807) is 18.1 Å². The van der Waals surface area contributed by atoms with Crippen LogP contribution in [0.5, 0.6) is 5.75 Å². The third kappa shape index (κ3) is 5.52. The van der Waals surface area contributed by atoms with E-state index in [1.165, 1.54) is 22.4 Å². The van der Waals surface area contributed by atoms with E-state index in [-0.39, 0.29) is 0 Å². The van der Waals surface area contributed by atoms with E-state index in [9.17, 15) is 9.90 Å². The SMILES string of the molecule is COc1c(C)cnc(Cn2nc3cc(CCN[C@@H]4CCOC4)c4c-3c(n2)C(N(C(=O)O)C(C)(C)C)=NSC4)c1C. The molecule has 2 N–H and O–H groups in total. The second-order valence-corrected chi connectivity index (χ2v) is 12.0. The highest BCUT2D eigenvalue weighted by atomic mass is 32.2. The molecule has 1 saturated heterocycles.